The third-order valence-corrected chi connectivity index (χ3v) is 10.3. The van der Waals surface area contributed by atoms with Crippen molar-refractivity contribution in [1.82, 2.24) is 9.55 Å². The van der Waals surface area contributed by atoms with Crippen LogP contribution in [0.4, 0.5) is 0 Å². The van der Waals surface area contributed by atoms with Crippen molar-refractivity contribution in [3.63, 3.8) is 0 Å². The molecule has 0 radical (unpaired) electrons. The van der Waals surface area contributed by atoms with E-state index in [0.717, 1.165) is 28.1 Å². The maximum atomic E-state index is 5.42. The van der Waals surface area contributed by atoms with Gasteiger partial charge in [0.1, 0.15) is 5.82 Å². The first-order chi connectivity index (χ1) is 22.8. The van der Waals surface area contributed by atoms with Crippen molar-refractivity contribution in [2.24, 2.45) is 0 Å². The van der Waals surface area contributed by atoms with Gasteiger partial charge in [-0.1, -0.05) is 126 Å². The zero-order valence-electron chi connectivity index (χ0n) is 27.6. The SMILES string of the molecule is CC(C)c1ccc2cc3scc(-c4nc5ccccc5n4-c4c(-c5ccccc5)cc(C(C)(C)C)cc4-c4ccccc4)c3cc2c1. The maximum Gasteiger partial charge on any atom is 0.147 e. The summed E-state index contributed by atoms with van der Waals surface area (Å²) >= 11 is 1.80. The molecule has 230 valence electrons. The second kappa shape index (κ2) is 11.4. The highest BCUT2D eigenvalue weighted by molar-refractivity contribution is 7.17. The fourth-order valence-corrected chi connectivity index (χ4v) is 7.71. The minimum absolute atomic E-state index is 0.0368. The Hall–Kier alpha value is -4.99. The lowest BCUT2D eigenvalue weighted by Gasteiger charge is -2.26. The lowest BCUT2D eigenvalue weighted by Crippen LogP contribution is -2.13. The molecule has 0 aliphatic rings. The fraction of sp³-hybridized carbons (Fsp3) is 0.159. The minimum atomic E-state index is -0.0368. The van der Waals surface area contributed by atoms with E-state index in [9.17, 15) is 0 Å². The molecule has 0 aliphatic carbocycles. The molecule has 0 bridgehead atoms. The third-order valence-electron chi connectivity index (χ3n) is 9.39. The highest BCUT2D eigenvalue weighted by Crippen LogP contribution is 2.45. The molecule has 0 N–H and O–H groups in total. The number of benzene rings is 6. The molecule has 0 aliphatic heterocycles. The van der Waals surface area contributed by atoms with E-state index in [1.165, 1.54) is 54.2 Å². The summed E-state index contributed by atoms with van der Waals surface area (Å²) in [6.07, 6.45) is 0. The summed E-state index contributed by atoms with van der Waals surface area (Å²) in [6.45, 7) is 11.4. The molecule has 8 rings (SSSR count). The van der Waals surface area contributed by atoms with Gasteiger partial charge in [0.05, 0.1) is 16.7 Å². The molecular weight excluding hydrogens is 589 g/mol. The number of fused-ring (bicyclic) bond motifs is 3. The zero-order chi connectivity index (χ0) is 32.3. The molecule has 8 aromatic rings. The van der Waals surface area contributed by atoms with Gasteiger partial charge >= 0.3 is 0 Å². The molecule has 0 saturated carbocycles. The molecule has 0 atom stereocenters. The molecule has 0 saturated heterocycles. The largest absolute Gasteiger partial charge is 0.291 e. The predicted octanol–water partition coefficient (Wildman–Crippen LogP) is 12.8. The van der Waals surface area contributed by atoms with Crippen LogP contribution in [0.15, 0.2) is 133 Å². The van der Waals surface area contributed by atoms with Gasteiger partial charge in [-0.25, -0.2) is 4.98 Å². The van der Waals surface area contributed by atoms with Crippen molar-refractivity contribution < 1.29 is 0 Å². The lowest BCUT2D eigenvalue weighted by atomic mass is 9.82. The molecule has 47 heavy (non-hydrogen) atoms. The van der Waals surface area contributed by atoms with E-state index in [1.54, 1.807) is 11.3 Å². The van der Waals surface area contributed by atoms with Gasteiger partial charge in [0, 0.05) is 32.2 Å². The quantitative estimate of drug-likeness (QED) is 0.186. The summed E-state index contributed by atoms with van der Waals surface area (Å²) in [6, 6.07) is 46.7. The van der Waals surface area contributed by atoms with Crippen molar-refractivity contribution in [2.75, 3.05) is 0 Å². The molecule has 0 spiro atoms. The van der Waals surface area contributed by atoms with E-state index >= 15 is 0 Å². The van der Waals surface area contributed by atoms with Gasteiger partial charge in [-0.05, 0) is 80.8 Å². The van der Waals surface area contributed by atoms with Crippen LogP contribution in [-0.4, -0.2) is 9.55 Å². The number of nitrogens with zero attached hydrogens (tertiary/aromatic N) is 2. The molecule has 0 amide bonds. The Morgan fingerprint density at radius 2 is 1.28 bits per heavy atom. The van der Waals surface area contributed by atoms with Crippen LogP contribution in [0.1, 0.15) is 51.7 Å². The number of imidazole rings is 1. The van der Waals surface area contributed by atoms with Crippen LogP contribution in [-0.2, 0) is 5.41 Å². The van der Waals surface area contributed by atoms with Crippen LogP contribution in [0, 0.1) is 0 Å². The number of aromatic nitrogens is 2. The van der Waals surface area contributed by atoms with Crippen LogP contribution in [0.2, 0.25) is 0 Å². The average molecular weight is 627 g/mol. The second-order valence-electron chi connectivity index (χ2n) is 13.9. The van der Waals surface area contributed by atoms with Gasteiger partial charge in [-0.2, -0.15) is 0 Å². The number of para-hydroxylation sites is 2. The predicted molar refractivity (Wildman–Crippen MR) is 203 cm³/mol. The molecule has 6 aromatic carbocycles. The fourth-order valence-electron chi connectivity index (χ4n) is 6.74. The number of hydrogen-bond acceptors (Lipinski definition) is 2. The summed E-state index contributed by atoms with van der Waals surface area (Å²) < 4.78 is 3.71. The molecular formula is C44H38N2S. The van der Waals surface area contributed by atoms with Gasteiger partial charge in [0.2, 0.25) is 0 Å². The van der Waals surface area contributed by atoms with E-state index in [1.807, 2.05) is 0 Å². The number of hydrogen-bond donors (Lipinski definition) is 0. The zero-order valence-corrected chi connectivity index (χ0v) is 28.4. The van der Waals surface area contributed by atoms with E-state index in [2.05, 4.69) is 172 Å². The number of thiophene rings is 1. The van der Waals surface area contributed by atoms with Crippen LogP contribution in [0.25, 0.3) is 71.2 Å². The van der Waals surface area contributed by atoms with E-state index in [-0.39, 0.29) is 5.41 Å². The molecule has 2 heterocycles. The Kier molecular flexibility index (Phi) is 7.11. The van der Waals surface area contributed by atoms with Crippen LogP contribution < -0.4 is 0 Å². The summed E-state index contributed by atoms with van der Waals surface area (Å²) in [5, 5.41) is 6.10. The standard InChI is InChI=1S/C44H38N2S/c1-28(2)31-20-21-32-24-41-37(23-33(32)22-31)38(27-47-41)43-45-39-18-12-13-19-40(39)46(43)42-35(29-14-8-6-9-15-29)25-34(44(3,4)5)26-36(42)30-16-10-7-11-17-30/h6-28H,1-5H3. The highest BCUT2D eigenvalue weighted by atomic mass is 32.1. The Balaban J connectivity index is 1.50. The van der Waals surface area contributed by atoms with Gasteiger partial charge in [0.15, 0.2) is 0 Å². The first-order valence-corrected chi connectivity index (χ1v) is 17.4. The van der Waals surface area contributed by atoms with Crippen molar-refractivity contribution >= 4 is 43.2 Å². The smallest absolute Gasteiger partial charge is 0.147 e. The van der Waals surface area contributed by atoms with Gasteiger partial charge in [-0.3, -0.25) is 4.57 Å². The monoisotopic (exact) mass is 626 g/mol. The van der Waals surface area contributed by atoms with Gasteiger partial charge in [-0.15, -0.1) is 11.3 Å². The van der Waals surface area contributed by atoms with E-state index < -0.39 is 0 Å². The van der Waals surface area contributed by atoms with Crippen molar-refractivity contribution in [2.45, 2.75) is 46.0 Å². The van der Waals surface area contributed by atoms with Crippen molar-refractivity contribution in [3.8, 4) is 39.3 Å². The van der Waals surface area contributed by atoms with E-state index in [0.29, 0.717) is 5.92 Å². The second-order valence-corrected chi connectivity index (χ2v) is 14.8. The van der Waals surface area contributed by atoms with Crippen LogP contribution in [0.5, 0.6) is 0 Å². The average Bonchev–Trinajstić information content (AvgIpc) is 3.67. The first kappa shape index (κ1) is 29.4. The van der Waals surface area contributed by atoms with Crippen LogP contribution in [0.3, 0.4) is 0 Å². The van der Waals surface area contributed by atoms with Crippen LogP contribution >= 0.6 is 11.3 Å². The molecule has 0 unspecified atom stereocenters. The Bertz CT molecular complexity index is 2340. The normalized spacial score (nSPS) is 12.1. The molecule has 2 nitrogen and oxygen atoms in total. The minimum Gasteiger partial charge on any atom is -0.291 e. The third kappa shape index (κ3) is 5.16. The molecule has 2 aromatic heterocycles. The summed E-state index contributed by atoms with van der Waals surface area (Å²) in [7, 11) is 0. The Labute approximate surface area is 281 Å². The highest BCUT2D eigenvalue weighted by Gasteiger charge is 2.26. The summed E-state index contributed by atoms with van der Waals surface area (Å²) in [5.41, 5.74) is 11.8. The number of rotatable bonds is 5. The summed E-state index contributed by atoms with van der Waals surface area (Å²) in [5.74, 6) is 1.44. The lowest BCUT2D eigenvalue weighted by molar-refractivity contribution is 0.590. The first-order valence-electron chi connectivity index (χ1n) is 16.5. The topological polar surface area (TPSA) is 17.8 Å². The van der Waals surface area contributed by atoms with Gasteiger partial charge < -0.3 is 0 Å². The Morgan fingerprint density at radius 1 is 0.638 bits per heavy atom. The molecule has 0 fully saturated rings. The van der Waals surface area contributed by atoms with Gasteiger partial charge in [0.25, 0.3) is 0 Å². The van der Waals surface area contributed by atoms with E-state index in [4.69, 9.17) is 4.98 Å². The Morgan fingerprint density at radius 3 is 1.91 bits per heavy atom. The summed E-state index contributed by atoms with van der Waals surface area (Å²) in [4.78, 5) is 5.42. The van der Waals surface area contributed by atoms with Crippen molar-refractivity contribution in [1.29, 1.82) is 0 Å². The van der Waals surface area contributed by atoms with Crippen molar-refractivity contribution in [3.05, 3.63) is 144 Å². The molecule has 3 heteroatoms. The maximum absolute atomic E-state index is 5.42.